The molecule has 0 saturated carbocycles. The van der Waals surface area contributed by atoms with Crippen molar-refractivity contribution < 1.29 is 0 Å². The Bertz CT molecular complexity index is 422. The highest BCUT2D eigenvalue weighted by Crippen LogP contribution is 2.19. The van der Waals surface area contributed by atoms with Crippen LogP contribution in [0.25, 0.3) is 10.9 Å². The number of para-hydroxylation sites is 1. The van der Waals surface area contributed by atoms with Crippen molar-refractivity contribution >= 4 is 16.7 Å². The van der Waals surface area contributed by atoms with Gasteiger partial charge in [-0.15, -0.1) is 0 Å². The van der Waals surface area contributed by atoms with Crippen LogP contribution in [0.1, 0.15) is 12.8 Å². The van der Waals surface area contributed by atoms with E-state index in [1.165, 1.54) is 23.7 Å². The van der Waals surface area contributed by atoms with Crippen LogP contribution in [0.2, 0.25) is 0 Å². The number of anilines is 1. The number of fused-ring (bicyclic) bond motifs is 1. The fourth-order valence-corrected chi connectivity index (χ4v) is 2.13. The topological polar surface area (TPSA) is 31.1 Å². The van der Waals surface area contributed by atoms with E-state index in [1.54, 1.807) is 0 Å². The lowest BCUT2D eigenvalue weighted by Crippen LogP contribution is -2.26. The van der Waals surface area contributed by atoms with Gasteiger partial charge in [-0.3, -0.25) is 0 Å². The van der Waals surface area contributed by atoms with Crippen LogP contribution < -0.4 is 5.43 Å². The molecule has 0 aliphatic carbocycles. The molecule has 15 heavy (non-hydrogen) atoms. The Morgan fingerprint density at radius 2 is 1.93 bits per heavy atom. The quantitative estimate of drug-likeness (QED) is 0.782. The van der Waals surface area contributed by atoms with Crippen LogP contribution in [-0.4, -0.2) is 23.1 Å². The molecule has 0 radical (unpaired) electrons. The first-order valence-electron chi connectivity index (χ1n) is 5.51. The molecule has 3 heteroatoms. The van der Waals surface area contributed by atoms with Crippen LogP contribution >= 0.6 is 0 Å². The number of aromatic amines is 1. The van der Waals surface area contributed by atoms with E-state index in [9.17, 15) is 0 Å². The van der Waals surface area contributed by atoms with E-state index in [0.717, 1.165) is 18.9 Å². The molecule has 1 saturated heterocycles. The standard InChI is InChI=1S/C12H15N3/c1-2-6-11-10(5-1)9-12(13-11)14-15-7-3-4-8-15/h1-2,5-6,9,13-14H,3-4,7-8H2. The monoisotopic (exact) mass is 201 g/mol. The van der Waals surface area contributed by atoms with Crippen LogP contribution in [0.5, 0.6) is 0 Å². The number of nitrogens with one attached hydrogen (secondary N) is 2. The highest BCUT2D eigenvalue weighted by atomic mass is 15.5. The number of aromatic nitrogens is 1. The van der Waals surface area contributed by atoms with Gasteiger partial charge in [0.15, 0.2) is 0 Å². The third-order valence-corrected chi connectivity index (χ3v) is 2.91. The third-order valence-electron chi connectivity index (χ3n) is 2.91. The van der Waals surface area contributed by atoms with Crippen molar-refractivity contribution in [1.29, 1.82) is 0 Å². The molecule has 78 valence electrons. The van der Waals surface area contributed by atoms with Crippen LogP contribution in [0.3, 0.4) is 0 Å². The summed E-state index contributed by atoms with van der Waals surface area (Å²) in [6, 6.07) is 10.5. The molecule has 0 bridgehead atoms. The number of hydrogen-bond acceptors (Lipinski definition) is 2. The first kappa shape index (κ1) is 8.80. The van der Waals surface area contributed by atoms with Gasteiger partial charge in [-0.05, 0) is 25.0 Å². The average Bonchev–Trinajstić information content (AvgIpc) is 2.86. The lowest BCUT2D eigenvalue weighted by molar-refractivity contribution is 0.409. The Morgan fingerprint density at radius 3 is 2.73 bits per heavy atom. The summed E-state index contributed by atoms with van der Waals surface area (Å²) in [5.74, 6) is 1.10. The predicted molar refractivity (Wildman–Crippen MR) is 62.7 cm³/mol. The van der Waals surface area contributed by atoms with Crippen molar-refractivity contribution in [2.24, 2.45) is 0 Å². The molecule has 1 aromatic carbocycles. The first-order chi connectivity index (χ1) is 7.42. The maximum Gasteiger partial charge on any atom is 0.118 e. The molecule has 3 rings (SSSR count). The second kappa shape index (κ2) is 3.59. The summed E-state index contributed by atoms with van der Waals surface area (Å²) < 4.78 is 0. The molecule has 0 unspecified atom stereocenters. The fraction of sp³-hybridized carbons (Fsp3) is 0.333. The van der Waals surface area contributed by atoms with Crippen molar-refractivity contribution in [2.75, 3.05) is 18.5 Å². The molecular formula is C12H15N3. The molecule has 1 aliphatic rings. The van der Waals surface area contributed by atoms with Crippen LogP contribution in [0.4, 0.5) is 5.82 Å². The van der Waals surface area contributed by atoms with Crippen molar-refractivity contribution in [1.82, 2.24) is 9.99 Å². The van der Waals surface area contributed by atoms with Crippen molar-refractivity contribution in [3.8, 4) is 0 Å². The van der Waals surface area contributed by atoms with E-state index in [2.05, 4.69) is 45.8 Å². The predicted octanol–water partition coefficient (Wildman–Crippen LogP) is 2.59. The van der Waals surface area contributed by atoms with E-state index in [4.69, 9.17) is 0 Å². The Morgan fingerprint density at radius 1 is 1.13 bits per heavy atom. The zero-order chi connectivity index (χ0) is 10.1. The van der Waals surface area contributed by atoms with Gasteiger partial charge in [-0.25, -0.2) is 5.01 Å². The minimum Gasteiger partial charge on any atom is -0.341 e. The number of H-pyrrole nitrogens is 1. The number of hydrogen-bond donors (Lipinski definition) is 2. The van der Waals surface area contributed by atoms with Gasteiger partial charge in [0.2, 0.25) is 0 Å². The molecule has 0 spiro atoms. The molecule has 1 aromatic heterocycles. The SMILES string of the molecule is c1ccc2[nH]c(NN3CCCC3)cc2c1. The highest BCUT2D eigenvalue weighted by molar-refractivity contribution is 5.83. The minimum atomic E-state index is 1.10. The molecular weight excluding hydrogens is 186 g/mol. The molecule has 0 atom stereocenters. The highest BCUT2D eigenvalue weighted by Gasteiger charge is 2.11. The minimum absolute atomic E-state index is 1.10. The van der Waals surface area contributed by atoms with E-state index in [-0.39, 0.29) is 0 Å². The number of nitrogens with zero attached hydrogens (tertiary/aromatic N) is 1. The second-order valence-corrected chi connectivity index (χ2v) is 4.08. The lowest BCUT2D eigenvalue weighted by atomic mass is 10.2. The van der Waals surface area contributed by atoms with Gasteiger partial charge in [-0.1, -0.05) is 18.2 Å². The van der Waals surface area contributed by atoms with Gasteiger partial charge in [0.05, 0.1) is 0 Å². The average molecular weight is 201 g/mol. The molecule has 2 N–H and O–H groups in total. The fourth-order valence-electron chi connectivity index (χ4n) is 2.13. The largest absolute Gasteiger partial charge is 0.341 e. The summed E-state index contributed by atoms with van der Waals surface area (Å²) in [5, 5.41) is 3.53. The zero-order valence-electron chi connectivity index (χ0n) is 8.66. The van der Waals surface area contributed by atoms with Gasteiger partial charge >= 0.3 is 0 Å². The Hall–Kier alpha value is -1.48. The zero-order valence-corrected chi connectivity index (χ0v) is 8.66. The number of rotatable bonds is 2. The van der Waals surface area contributed by atoms with Gasteiger partial charge in [0.1, 0.15) is 5.82 Å². The molecule has 3 nitrogen and oxygen atoms in total. The van der Waals surface area contributed by atoms with Crippen LogP contribution in [-0.2, 0) is 0 Å². The molecule has 2 aromatic rings. The normalized spacial score (nSPS) is 17.3. The molecule has 1 fully saturated rings. The summed E-state index contributed by atoms with van der Waals surface area (Å²) in [7, 11) is 0. The molecule has 1 aliphatic heterocycles. The van der Waals surface area contributed by atoms with Gasteiger partial charge in [0, 0.05) is 24.0 Å². The summed E-state index contributed by atoms with van der Waals surface area (Å²) in [4.78, 5) is 3.37. The summed E-state index contributed by atoms with van der Waals surface area (Å²) in [5.41, 5.74) is 4.60. The van der Waals surface area contributed by atoms with Gasteiger partial charge in [0.25, 0.3) is 0 Å². The van der Waals surface area contributed by atoms with Crippen molar-refractivity contribution in [3.63, 3.8) is 0 Å². The first-order valence-corrected chi connectivity index (χ1v) is 5.51. The lowest BCUT2D eigenvalue weighted by Gasteiger charge is -2.15. The number of benzene rings is 1. The number of hydrazine groups is 1. The van der Waals surface area contributed by atoms with E-state index in [0.29, 0.717) is 0 Å². The van der Waals surface area contributed by atoms with Gasteiger partial charge < -0.3 is 10.4 Å². The Labute approximate surface area is 89.1 Å². The maximum absolute atomic E-state index is 3.41. The van der Waals surface area contributed by atoms with Crippen LogP contribution in [0.15, 0.2) is 30.3 Å². The third kappa shape index (κ3) is 1.70. The summed E-state index contributed by atoms with van der Waals surface area (Å²) >= 11 is 0. The van der Waals surface area contributed by atoms with Crippen molar-refractivity contribution in [3.05, 3.63) is 30.3 Å². The van der Waals surface area contributed by atoms with Gasteiger partial charge in [-0.2, -0.15) is 0 Å². The Kier molecular flexibility index (Phi) is 2.10. The summed E-state index contributed by atoms with van der Waals surface area (Å²) in [6.07, 6.45) is 2.60. The van der Waals surface area contributed by atoms with Crippen molar-refractivity contribution in [2.45, 2.75) is 12.8 Å². The van der Waals surface area contributed by atoms with E-state index < -0.39 is 0 Å². The molecule has 0 amide bonds. The van der Waals surface area contributed by atoms with E-state index >= 15 is 0 Å². The van der Waals surface area contributed by atoms with Crippen LogP contribution in [0, 0.1) is 0 Å². The maximum atomic E-state index is 3.41. The Balaban J connectivity index is 1.84. The second-order valence-electron chi connectivity index (χ2n) is 4.08. The smallest absolute Gasteiger partial charge is 0.118 e. The molecule has 2 heterocycles. The van der Waals surface area contributed by atoms with E-state index in [1.807, 2.05) is 0 Å². The summed E-state index contributed by atoms with van der Waals surface area (Å²) in [6.45, 7) is 2.30.